The van der Waals surface area contributed by atoms with E-state index in [1.54, 1.807) is 0 Å². The number of imidazole rings is 2. The zero-order chi connectivity index (χ0) is 34.8. The van der Waals surface area contributed by atoms with Crippen LogP contribution in [0.1, 0.15) is 25.0 Å². The molecule has 52 heavy (non-hydrogen) atoms. The number of benzene rings is 7. The van der Waals surface area contributed by atoms with Gasteiger partial charge in [-0.2, -0.15) is 0 Å². The van der Waals surface area contributed by atoms with Gasteiger partial charge in [0.15, 0.2) is 0 Å². The highest BCUT2D eigenvalue weighted by Crippen LogP contribution is 2.52. The highest BCUT2D eigenvalue weighted by Gasteiger charge is 2.37. The molecule has 1 aliphatic heterocycles. The second-order valence-electron chi connectivity index (χ2n) is 14.0. The molecule has 0 saturated heterocycles. The molecular weight excluding hydrogens is 635 g/mol. The smallest absolute Gasteiger partial charge is 0.145 e. The Morgan fingerprint density at radius 2 is 0.808 bits per heavy atom. The van der Waals surface area contributed by atoms with Crippen LogP contribution < -0.4 is 4.90 Å². The first-order valence-electron chi connectivity index (χ1n) is 17.8. The molecule has 0 saturated carbocycles. The van der Waals surface area contributed by atoms with Crippen molar-refractivity contribution in [2.24, 2.45) is 0 Å². The van der Waals surface area contributed by atoms with E-state index in [0.29, 0.717) is 0 Å². The third kappa shape index (κ3) is 4.63. The molecule has 0 bridgehead atoms. The topological polar surface area (TPSA) is 38.9 Å². The molecule has 0 radical (unpaired) electrons. The minimum Gasteiger partial charge on any atom is -0.310 e. The molecule has 7 aromatic carbocycles. The quantitative estimate of drug-likeness (QED) is 0.183. The van der Waals surface area contributed by atoms with Crippen molar-refractivity contribution < 1.29 is 0 Å². The summed E-state index contributed by atoms with van der Waals surface area (Å²) in [6, 6.07) is 62.3. The molecule has 0 aliphatic carbocycles. The first-order valence-corrected chi connectivity index (χ1v) is 17.8. The van der Waals surface area contributed by atoms with Gasteiger partial charge >= 0.3 is 0 Å². The molecule has 3 heterocycles. The van der Waals surface area contributed by atoms with Gasteiger partial charge in [0.2, 0.25) is 0 Å². The largest absolute Gasteiger partial charge is 0.310 e. The van der Waals surface area contributed by atoms with Crippen LogP contribution >= 0.6 is 0 Å². The fourth-order valence-electron chi connectivity index (χ4n) is 8.06. The molecule has 0 spiro atoms. The highest BCUT2D eigenvalue weighted by molar-refractivity contribution is 5.92. The number of hydrogen-bond acceptors (Lipinski definition) is 3. The Labute approximate surface area is 302 Å². The monoisotopic (exact) mass is 669 g/mol. The first-order chi connectivity index (χ1) is 25.6. The Bertz CT molecular complexity index is 2590. The second-order valence-corrected chi connectivity index (χ2v) is 14.0. The number of para-hydroxylation sites is 8. The number of nitrogens with zero attached hydrogens (tertiary/aromatic N) is 5. The fraction of sp³-hybridized carbons (Fsp3) is 0.0638. The summed E-state index contributed by atoms with van der Waals surface area (Å²) in [5.41, 5.74) is 13.9. The van der Waals surface area contributed by atoms with Crippen LogP contribution in [0.2, 0.25) is 0 Å². The molecule has 9 aromatic rings. The van der Waals surface area contributed by atoms with E-state index in [2.05, 4.69) is 204 Å². The Morgan fingerprint density at radius 3 is 1.29 bits per heavy atom. The average molecular weight is 670 g/mol. The lowest BCUT2D eigenvalue weighted by molar-refractivity contribution is 0.632. The summed E-state index contributed by atoms with van der Waals surface area (Å²) < 4.78 is 4.55. The summed E-state index contributed by atoms with van der Waals surface area (Å²) in [5, 5.41) is 0. The minimum absolute atomic E-state index is 0.174. The summed E-state index contributed by atoms with van der Waals surface area (Å²) in [6.07, 6.45) is 0. The van der Waals surface area contributed by atoms with E-state index in [9.17, 15) is 0 Å². The molecule has 10 rings (SSSR count). The van der Waals surface area contributed by atoms with Gasteiger partial charge in [-0.15, -0.1) is 0 Å². The van der Waals surface area contributed by atoms with Gasteiger partial charge in [-0.25, -0.2) is 9.97 Å². The van der Waals surface area contributed by atoms with Gasteiger partial charge in [0.25, 0.3) is 0 Å². The summed E-state index contributed by atoms with van der Waals surface area (Å²) in [4.78, 5) is 13.1. The van der Waals surface area contributed by atoms with Crippen molar-refractivity contribution in [1.29, 1.82) is 0 Å². The predicted octanol–water partition coefficient (Wildman–Crippen LogP) is 11.8. The van der Waals surface area contributed by atoms with Crippen LogP contribution in [0.5, 0.6) is 0 Å². The molecule has 1 aliphatic rings. The van der Waals surface area contributed by atoms with Crippen LogP contribution in [0.4, 0.5) is 17.1 Å². The summed E-state index contributed by atoms with van der Waals surface area (Å²) in [5.74, 6) is 1.74. The van der Waals surface area contributed by atoms with Gasteiger partial charge in [-0.1, -0.05) is 111 Å². The first kappa shape index (κ1) is 30.1. The van der Waals surface area contributed by atoms with Crippen LogP contribution in [0.15, 0.2) is 176 Å². The number of rotatable bonds is 5. The van der Waals surface area contributed by atoms with Crippen LogP contribution in [-0.4, -0.2) is 19.1 Å². The number of hydrogen-bond donors (Lipinski definition) is 0. The second kappa shape index (κ2) is 11.7. The van der Waals surface area contributed by atoms with Crippen molar-refractivity contribution in [1.82, 2.24) is 19.1 Å². The maximum Gasteiger partial charge on any atom is 0.145 e. The summed E-state index contributed by atoms with van der Waals surface area (Å²) >= 11 is 0. The summed E-state index contributed by atoms with van der Waals surface area (Å²) in [7, 11) is 0. The Balaban J connectivity index is 1.31. The molecule has 0 fully saturated rings. The molecule has 0 N–H and O–H groups in total. The molecular formula is C47H35N5. The lowest BCUT2D eigenvalue weighted by atomic mass is 9.73. The van der Waals surface area contributed by atoms with Crippen molar-refractivity contribution in [2.45, 2.75) is 19.3 Å². The van der Waals surface area contributed by atoms with Crippen molar-refractivity contribution in [2.75, 3.05) is 4.90 Å². The van der Waals surface area contributed by atoms with Crippen molar-refractivity contribution in [3.05, 3.63) is 187 Å². The number of anilines is 3. The Kier molecular flexibility index (Phi) is 6.77. The SMILES string of the molecule is CC1(C)c2ccccc2N(c2cc(-c3nc4ccccc4n3-c3ccccc3)cc(-c3nc4ccccc4n3-c3ccccc3)c2)c2ccccc21. The number of aromatic nitrogens is 4. The van der Waals surface area contributed by atoms with Crippen LogP contribution in [0.25, 0.3) is 56.2 Å². The lowest BCUT2D eigenvalue weighted by Crippen LogP contribution is -2.30. The zero-order valence-electron chi connectivity index (χ0n) is 29.0. The molecule has 248 valence electrons. The van der Waals surface area contributed by atoms with E-state index in [-0.39, 0.29) is 5.41 Å². The highest BCUT2D eigenvalue weighted by atomic mass is 15.2. The molecule has 0 atom stereocenters. The Morgan fingerprint density at radius 1 is 0.404 bits per heavy atom. The molecule has 0 unspecified atom stereocenters. The fourth-order valence-corrected chi connectivity index (χ4v) is 8.06. The Hall–Kier alpha value is -6.72. The van der Waals surface area contributed by atoms with Crippen molar-refractivity contribution in [3.63, 3.8) is 0 Å². The molecule has 5 nitrogen and oxygen atoms in total. The molecule has 5 heteroatoms. The van der Waals surface area contributed by atoms with Crippen LogP contribution in [0, 0.1) is 0 Å². The van der Waals surface area contributed by atoms with Gasteiger partial charge in [-0.3, -0.25) is 9.13 Å². The third-order valence-corrected chi connectivity index (χ3v) is 10.5. The predicted molar refractivity (Wildman–Crippen MR) is 213 cm³/mol. The van der Waals surface area contributed by atoms with Crippen molar-refractivity contribution in [3.8, 4) is 34.2 Å². The van der Waals surface area contributed by atoms with Crippen molar-refractivity contribution >= 4 is 39.1 Å². The minimum atomic E-state index is -0.174. The van der Waals surface area contributed by atoms with Gasteiger partial charge in [-0.05, 0) is 90.0 Å². The zero-order valence-corrected chi connectivity index (χ0v) is 29.0. The van der Waals surface area contributed by atoms with Gasteiger partial charge in [0, 0.05) is 33.6 Å². The standard InChI is InChI=1S/C47H35N5/c1-47(2)37-21-9-13-25-41(37)50(42-26-14-10-22-38(42)47)36-30-32(45-48-39-23-11-15-27-43(39)51(45)34-17-5-3-6-18-34)29-33(31-36)46-49-40-24-12-16-28-44(40)52(46)35-19-7-4-8-20-35/h3-31H,1-2H3. The van der Waals surface area contributed by atoms with Crippen LogP contribution in [-0.2, 0) is 5.41 Å². The van der Waals surface area contributed by atoms with E-state index in [1.807, 2.05) is 0 Å². The maximum absolute atomic E-state index is 5.33. The van der Waals surface area contributed by atoms with Crippen LogP contribution in [0.3, 0.4) is 0 Å². The lowest BCUT2D eigenvalue weighted by Gasteiger charge is -2.42. The van der Waals surface area contributed by atoms with Gasteiger partial charge < -0.3 is 4.90 Å². The number of fused-ring (bicyclic) bond motifs is 4. The van der Waals surface area contributed by atoms with E-state index < -0.39 is 0 Å². The molecule has 0 amide bonds. The van der Waals surface area contributed by atoms with E-state index in [4.69, 9.17) is 9.97 Å². The van der Waals surface area contributed by atoms with E-state index >= 15 is 0 Å². The normalized spacial score (nSPS) is 13.3. The van der Waals surface area contributed by atoms with E-state index in [1.165, 1.54) is 22.5 Å². The van der Waals surface area contributed by atoms with Gasteiger partial charge in [0.1, 0.15) is 11.6 Å². The molecule has 2 aromatic heterocycles. The maximum atomic E-state index is 5.33. The van der Waals surface area contributed by atoms with E-state index in [0.717, 1.165) is 61.9 Å². The average Bonchev–Trinajstić information content (AvgIpc) is 3.78. The van der Waals surface area contributed by atoms with Gasteiger partial charge in [0.05, 0.1) is 33.4 Å². The summed E-state index contributed by atoms with van der Waals surface area (Å²) in [6.45, 7) is 4.66. The third-order valence-electron chi connectivity index (χ3n) is 10.5.